The van der Waals surface area contributed by atoms with E-state index in [-0.39, 0.29) is 54.7 Å². The van der Waals surface area contributed by atoms with Gasteiger partial charge in [0.2, 0.25) is 0 Å². The van der Waals surface area contributed by atoms with E-state index in [1.54, 1.807) is 24.3 Å². The van der Waals surface area contributed by atoms with Crippen molar-refractivity contribution in [2.24, 2.45) is 10.7 Å². The molecule has 2 aromatic rings. The molecule has 0 aliphatic rings. The number of anilines is 1. The first-order valence-corrected chi connectivity index (χ1v) is 8.12. The zero-order valence-electron chi connectivity index (χ0n) is 15.3. The van der Waals surface area contributed by atoms with E-state index in [4.69, 9.17) is 10.5 Å². The number of methoxy groups -OCH3 is 1. The van der Waals surface area contributed by atoms with Crippen LogP contribution in [0, 0.1) is 0 Å². The third kappa shape index (κ3) is 8.89. The lowest BCUT2D eigenvalue weighted by Crippen LogP contribution is -2.28. The number of nitrogens with zero attached hydrogens (tertiary/aromatic N) is 1. The number of carbonyl (C=O) groups is 1. The summed E-state index contributed by atoms with van der Waals surface area (Å²) in [4.78, 5) is 16.0. The maximum Gasteiger partial charge on any atom is 0.573 e. The van der Waals surface area contributed by atoms with Crippen LogP contribution in [0.3, 0.4) is 0 Å². The molecule has 0 unspecified atom stereocenters. The third-order valence-electron chi connectivity index (χ3n) is 3.39. The Hall–Kier alpha value is -2.70. The number of nitrogens with one attached hydrogen (secondary N) is 2. The predicted octanol–water partition coefficient (Wildman–Crippen LogP) is 3.37. The van der Waals surface area contributed by atoms with Crippen LogP contribution in [-0.4, -0.2) is 38.4 Å². The molecular formula is C18H20F3IN4O3. The first-order valence-electron chi connectivity index (χ1n) is 8.12. The maximum absolute atomic E-state index is 12.1. The molecule has 29 heavy (non-hydrogen) atoms. The lowest BCUT2D eigenvalue weighted by molar-refractivity contribution is -0.274. The number of amides is 1. The van der Waals surface area contributed by atoms with Crippen LogP contribution < -0.4 is 25.8 Å². The molecule has 2 aromatic carbocycles. The predicted molar refractivity (Wildman–Crippen MR) is 114 cm³/mol. The summed E-state index contributed by atoms with van der Waals surface area (Å²) in [5, 5.41) is 5.42. The Morgan fingerprint density at radius 3 is 2.21 bits per heavy atom. The Morgan fingerprint density at radius 1 is 1.07 bits per heavy atom. The smallest absolute Gasteiger partial charge is 0.497 e. The molecule has 0 aliphatic carbocycles. The van der Waals surface area contributed by atoms with Gasteiger partial charge in [-0.05, 0) is 48.5 Å². The lowest BCUT2D eigenvalue weighted by atomic mass is 10.2. The highest BCUT2D eigenvalue weighted by Crippen LogP contribution is 2.23. The highest BCUT2D eigenvalue weighted by molar-refractivity contribution is 14.0. The molecule has 0 aromatic heterocycles. The molecule has 7 nitrogen and oxygen atoms in total. The number of halogens is 4. The number of ether oxygens (including phenoxy) is 2. The van der Waals surface area contributed by atoms with E-state index in [0.29, 0.717) is 17.0 Å². The van der Waals surface area contributed by atoms with Crippen LogP contribution in [0.25, 0.3) is 0 Å². The average Bonchev–Trinajstić information content (AvgIpc) is 2.65. The first-order chi connectivity index (χ1) is 13.3. The van der Waals surface area contributed by atoms with Gasteiger partial charge in [-0.15, -0.1) is 37.1 Å². The van der Waals surface area contributed by atoms with Crippen molar-refractivity contribution < 1.29 is 27.4 Å². The summed E-state index contributed by atoms with van der Waals surface area (Å²) in [6.07, 6.45) is -4.74. The van der Waals surface area contributed by atoms with Gasteiger partial charge in [-0.2, -0.15) is 0 Å². The Kier molecular flexibility index (Phi) is 9.51. The second kappa shape index (κ2) is 11.3. The Bertz CT molecular complexity index is 813. The number of aliphatic imine (C=N–C) groups is 1. The van der Waals surface area contributed by atoms with Gasteiger partial charge in [0.15, 0.2) is 5.96 Å². The van der Waals surface area contributed by atoms with Crippen LogP contribution in [0.15, 0.2) is 53.5 Å². The van der Waals surface area contributed by atoms with Crippen molar-refractivity contribution in [3.8, 4) is 11.5 Å². The zero-order chi connectivity index (χ0) is 20.6. The first kappa shape index (κ1) is 24.3. The standard InChI is InChI=1S/C18H19F3N4O3.HI/c1-27-14-6-2-12(3-7-14)16(26)23-10-11-24-17(22)25-13-4-8-15(9-5-13)28-18(19,20)21;/h2-9H,10-11H2,1H3,(H,23,26)(H3,22,24,25);1H. The van der Waals surface area contributed by atoms with Crippen LogP contribution in [0.2, 0.25) is 0 Å². The molecule has 0 aliphatic heterocycles. The molecule has 4 N–H and O–H groups in total. The fourth-order valence-electron chi connectivity index (χ4n) is 2.12. The van der Waals surface area contributed by atoms with Gasteiger partial charge in [0.05, 0.1) is 13.7 Å². The van der Waals surface area contributed by atoms with E-state index in [1.807, 2.05) is 0 Å². The highest BCUT2D eigenvalue weighted by atomic mass is 127. The SMILES string of the molecule is COc1ccc(C(=O)NCCN=C(N)Nc2ccc(OC(F)(F)F)cc2)cc1.I. The Morgan fingerprint density at radius 2 is 1.66 bits per heavy atom. The van der Waals surface area contributed by atoms with Gasteiger partial charge in [-0.3, -0.25) is 9.79 Å². The van der Waals surface area contributed by atoms with Crippen LogP contribution in [0.5, 0.6) is 11.5 Å². The van der Waals surface area contributed by atoms with E-state index in [0.717, 1.165) is 12.1 Å². The summed E-state index contributed by atoms with van der Waals surface area (Å²) < 4.78 is 45.1. The minimum absolute atomic E-state index is 0. The van der Waals surface area contributed by atoms with Crippen molar-refractivity contribution in [1.82, 2.24) is 5.32 Å². The quantitative estimate of drug-likeness (QED) is 0.224. The summed E-state index contributed by atoms with van der Waals surface area (Å²) in [6, 6.07) is 11.7. The van der Waals surface area contributed by atoms with Crippen molar-refractivity contribution in [1.29, 1.82) is 0 Å². The van der Waals surface area contributed by atoms with Gasteiger partial charge in [0.25, 0.3) is 5.91 Å². The molecule has 0 saturated heterocycles. The van der Waals surface area contributed by atoms with E-state index in [9.17, 15) is 18.0 Å². The van der Waals surface area contributed by atoms with Crippen LogP contribution in [0.4, 0.5) is 18.9 Å². The van der Waals surface area contributed by atoms with E-state index in [2.05, 4.69) is 20.4 Å². The van der Waals surface area contributed by atoms with Crippen molar-refractivity contribution in [2.75, 3.05) is 25.5 Å². The number of hydrogen-bond acceptors (Lipinski definition) is 4. The summed E-state index contributed by atoms with van der Waals surface area (Å²) in [7, 11) is 1.54. The fraction of sp³-hybridized carbons (Fsp3) is 0.222. The van der Waals surface area contributed by atoms with Gasteiger partial charge < -0.3 is 25.8 Å². The average molecular weight is 524 g/mol. The molecule has 0 spiro atoms. The van der Waals surface area contributed by atoms with Crippen molar-refractivity contribution >= 4 is 41.5 Å². The normalized spacial score (nSPS) is 11.2. The van der Waals surface area contributed by atoms with Crippen LogP contribution in [-0.2, 0) is 0 Å². The van der Waals surface area contributed by atoms with E-state index < -0.39 is 6.36 Å². The molecule has 0 radical (unpaired) electrons. The Balaban J connectivity index is 0.00000420. The molecule has 1 amide bonds. The number of hydrogen-bond donors (Lipinski definition) is 3. The molecule has 0 heterocycles. The number of benzene rings is 2. The monoisotopic (exact) mass is 524 g/mol. The van der Waals surface area contributed by atoms with Crippen LogP contribution in [0.1, 0.15) is 10.4 Å². The lowest BCUT2D eigenvalue weighted by Gasteiger charge is -2.10. The van der Waals surface area contributed by atoms with Gasteiger partial charge in [-0.25, -0.2) is 0 Å². The number of rotatable bonds is 7. The van der Waals surface area contributed by atoms with Crippen molar-refractivity contribution in [3.05, 3.63) is 54.1 Å². The largest absolute Gasteiger partial charge is 0.573 e. The minimum atomic E-state index is -4.74. The zero-order valence-corrected chi connectivity index (χ0v) is 17.7. The molecule has 0 bridgehead atoms. The van der Waals surface area contributed by atoms with Gasteiger partial charge >= 0.3 is 6.36 Å². The third-order valence-corrected chi connectivity index (χ3v) is 3.39. The number of carbonyl (C=O) groups excluding carboxylic acids is 1. The molecule has 11 heteroatoms. The van der Waals surface area contributed by atoms with E-state index in [1.165, 1.54) is 19.2 Å². The molecule has 158 valence electrons. The van der Waals surface area contributed by atoms with Crippen molar-refractivity contribution in [2.45, 2.75) is 6.36 Å². The molecule has 0 saturated carbocycles. The molecule has 0 atom stereocenters. The van der Waals surface area contributed by atoms with Gasteiger partial charge in [-0.1, -0.05) is 0 Å². The summed E-state index contributed by atoms with van der Waals surface area (Å²) in [5.41, 5.74) is 6.63. The molecular weight excluding hydrogens is 504 g/mol. The Labute approximate surface area is 182 Å². The maximum atomic E-state index is 12.1. The molecule has 0 fully saturated rings. The van der Waals surface area contributed by atoms with Crippen LogP contribution >= 0.6 is 24.0 Å². The summed E-state index contributed by atoms with van der Waals surface area (Å²) in [5.74, 6) is 0.112. The second-order valence-electron chi connectivity index (χ2n) is 5.45. The summed E-state index contributed by atoms with van der Waals surface area (Å²) in [6.45, 7) is 0.474. The fourth-order valence-corrected chi connectivity index (χ4v) is 2.12. The van der Waals surface area contributed by atoms with Crippen molar-refractivity contribution in [3.63, 3.8) is 0 Å². The number of alkyl halides is 3. The van der Waals surface area contributed by atoms with Gasteiger partial charge in [0.1, 0.15) is 11.5 Å². The number of guanidine groups is 1. The minimum Gasteiger partial charge on any atom is -0.497 e. The number of nitrogens with two attached hydrogens (primary N) is 1. The highest BCUT2D eigenvalue weighted by Gasteiger charge is 2.30. The van der Waals surface area contributed by atoms with E-state index >= 15 is 0 Å². The van der Waals surface area contributed by atoms with Gasteiger partial charge in [0, 0.05) is 17.8 Å². The second-order valence-corrected chi connectivity index (χ2v) is 5.45. The summed E-state index contributed by atoms with van der Waals surface area (Å²) >= 11 is 0. The topological polar surface area (TPSA) is 98.0 Å². The molecule has 2 rings (SSSR count).